The molecule has 0 bridgehead atoms. The second kappa shape index (κ2) is 7.02. The summed E-state index contributed by atoms with van der Waals surface area (Å²) in [4.78, 5) is 9.80. The van der Waals surface area contributed by atoms with Gasteiger partial charge in [0.25, 0.3) is 5.69 Å². The Bertz CT molecular complexity index is 575. The lowest BCUT2D eigenvalue weighted by molar-refractivity contribution is -0.385. The van der Waals surface area contributed by atoms with Crippen LogP contribution in [0.15, 0.2) is 18.2 Å². The maximum atomic E-state index is 13.2. The standard InChI is InChI=1S/C13H16F4N2O3S/c1-12(2,3)23(22)18-11(7-14)8-4-9(13(15,16)17)6-10(5-8)19(20)21/h4-6,11,18H,7H2,1-3H3/t11-,23?/m1/s1. The monoisotopic (exact) mass is 356 g/mol. The number of nitrogens with one attached hydrogen (secondary N) is 1. The van der Waals surface area contributed by atoms with Crippen LogP contribution in [0.3, 0.4) is 0 Å². The van der Waals surface area contributed by atoms with E-state index >= 15 is 0 Å². The molecule has 1 rings (SSSR count). The van der Waals surface area contributed by atoms with Gasteiger partial charge in [0.2, 0.25) is 0 Å². The first-order chi connectivity index (χ1) is 10.4. The zero-order valence-corrected chi connectivity index (χ0v) is 13.4. The van der Waals surface area contributed by atoms with Crippen molar-refractivity contribution in [3.05, 3.63) is 39.4 Å². The fraction of sp³-hybridized carbons (Fsp3) is 0.538. The number of nitrogens with zero attached hydrogens (tertiary/aromatic N) is 1. The molecule has 0 aliphatic heterocycles. The van der Waals surface area contributed by atoms with Crippen LogP contribution in [0.4, 0.5) is 23.2 Å². The zero-order valence-electron chi connectivity index (χ0n) is 12.6. The van der Waals surface area contributed by atoms with Crippen molar-refractivity contribution in [2.45, 2.75) is 37.7 Å². The third-order valence-electron chi connectivity index (χ3n) is 2.84. The molecular weight excluding hydrogens is 340 g/mol. The quantitative estimate of drug-likeness (QED) is 0.378. The molecule has 130 valence electrons. The van der Waals surface area contributed by atoms with Crippen LogP contribution in [0.1, 0.15) is 37.9 Å². The smallest absolute Gasteiger partial charge is 0.416 e. The van der Waals surface area contributed by atoms with Gasteiger partial charge in [-0.25, -0.2) is 4.39 Å². The van der Waals surface area contributed by atoms with E-state index in [9.17, 15) is 32.2 Å². The van der Waals surface area contributed by atoms with Gasteiger partial charge in [0.05, 0.1) is 10.5 Å². The van der Waals surface area contributed by atoms with Crippen molar-refractivity contribution in [3.63, 3.8) is 0 Å². The van der Waals surface area contributed by atoms with E-state index in [1.54, 1.807) is 20.8 Å². The Morgan fingerprint density at radius 3 is 2.22 bits per heavy atom. The second-order valence-corrected chi connectivity index (χ2v) is 7.77. The van der Waals surface area contributed by atoms with Gasteiger partial charge in [-0.2, -0.15) is 13.2 Å². The number of hydrogen-bond acceptors (Lipinski definition) is 4. The Kier molecular flexibility index (Phi) is 6.00. The summed E-state index contributed by atoms with van der Waals surface area (Å²) >= 11 is -1.75. The minimum absolute atomic E-state index is 0.286. The van der Waals surface area contributed by atoms with Gasteiger partial charge in [-0.1, -0.05) is 0 Å². The summed E-state index contributed by atoms with van der Waals surface area (Å²) in [6.45, 7) is 3.63. The van der Waals surface area contributed by atoms with Gasteiger partial charge in [-0.15, -0.1) is 4.72 Å². The highest BCUT2D eigenvalue weighted by molar-refractivity contribution is 7.90. The lowest BCUT2D eigenvalue weighted by Crippen LogP contribution is -2.41. The molecule has 0 aliphatic carbocycles. The predicted molar refractivity (Wildman–Crippen MR) is 77.8 cm³/mol. The molecular formula is C13H16F4N2O3S. The number of nitro benzene ring substituents is 1. The Labute approximate surface area is 133 Å². The van der Waals surface area contributed by atoms with E-state index in [0.717, 1.165) is 6.07 Å². The first-order valence-electron chi connectivity index (χ1n) is 6.47. The van der Waals surface area contributed by atoms with Crippen LogP contribution >= 0.6 is 0 Å². The maximum absolute atomic E-state index is 13.2. The minimum Gasteiger partial charge on any atom is -0.598 e. The summed E-state index contributed by atoms with van der Waals surface area (Å²) in [6.07, 6.45) is -4.81. The third kappa shape index (κ3) is 5.33. The number of hydrogen-bond donors (Lipinski definition) is 1. The number of rotatable bonds is 5. The molecule has 23 heavy (non-hydrogen) atoms. The predicted octanol–water partition coefficient (Wildman–Crippen LogP) is 3.68. The molecule has 1 aromatic rings. The molecule has 0 fully saturated rings. The number of benzene rings is 1. The number of alkyl halides is 4. The number of halogens is 4. The van der Waals surface area contributed by atoms with E-state index in [1.807, 2.05) is 0 Å². The molecule has 0 heterocycles. The molecule has 2 atom stereocenters. The van der Waals surface area contributed by atoms with Gasteiger partial charge in [-0.05, 0) is 32.4 Å². The van der Waals surface area contributed by atoms with Crippen LogP contribution < -0.4 is 4.72 Å². The number of nitro groups is 1. The van der Waals surface area contributed by atoms with E-state index in [0.29, 0.717) is 12.1 Å². The second-order valence-electron chi connectivity index (χ2n) is 5.77. The average molecular weight is 356 g/mol. The van der Waals surface area contributed by atoms with E-state index in [4.69, 9.17) is 0 Å². The van der Waals surface area contributed by atoms with E-state index in [2.05, 4.69) is 4.72 Å². The highest BCUT2D eigenvalue weighted by atomic mass is 32.2. The molecule has 0 radical (unpaired) electrons. The lowest BCUT2D eigenvalue weighted by atomic mass is 10.0. The van der Waals surface area contributed by atoms with Gasteiger partial charge in [0.1, 0.15) is 17.5 Å². The van der Waals surface area contributed by atoms with Gasteiger partial charge in [0, 0.05) is 23.5 Å². The molecule has 0 aliphatic rings. The largest absolute Gasteiger partial charge is 0.598 e. The normalized spacial score (nSPS) is 15.3. The SMILES string of the molecule is CC(C)(C)[S+]([O-])N[C@H](CF)c1cc([N+](=O)[O-])cc(C(F)(F)F)c1. The molecule has 0 amide bonds. The molecule has 0 aromatic heterocycles. The fourth-order valence-electron chi connectivity index (χ4n) is 1.60. The van der Waals surface area contributed by atoms with Crippen molar-refractivity contribution in [2.24, 2.45) is 0 Å². The van der Waals surface area contributed by atoms with Crippen LogP contribution in [-0.2, 0) is 17.5 Å². The Balaban J connectivity index is 3.27. The van der Waals surface area contributed by atoms with Crippen molar-refractivity contribution in [1.82, 2.24) is 4.72 Å². The topological polar surface area (TPSA) is 78.2 Å². The van der Waals surface area contributed by atoms with Crippen molar-refractivity contribution < 1.29 is 27.0 Å². The van der Waals surface area contributed by atoms with Crippen LogP contribution in [0.5, 0.6) is 0 Å². The highest BCUT2D eigenvalue weighted by Crippen LogP contribution is 2.34. The Hall–Kier alpha value is -1.39. The Morgan fingerprint density at radius 2 is 1.83 bits per heavy atom. The van der Waals surface area contributed by atoms with E-state index < -0.39 is 51.2 Å². The van der Waals surface area contributed by atoms with Crippen LogP contribution in [0.2, 0.25) is 0 Å². The molecule has 1 unspecified atom stereocenters. The zero-order chi connectivity index (χ0) is 18.0. The maximum Gasteiger partial charge on any atom is 0.416 e. The summed E-state index contributed by atoms with van der Waals surface area (Å²) in [5, 5.41) is 10.8. The summed E-state index contributed by atoms with van der Waals surface area (Å²) < 4.78 is 65.3. The van der Waals surface area contributed by atoms with Crippen molar-refractivity contribution in [3.8, 4) is 0 Å². The van der Waals surface area contributed by atoms with Gasteiger partial charge in [0.15, 0.2) is 0 Å². The summed E-state index contributed by atoms with van der Waals surface area (Å²) in [6, 6.07) is 0.478. The first-order valence-corrected chi connectivity index (χ1v) is 7.62. The first kappa shape index (κ1) is 19.7. The lowest BCUT2D eigenvalue weighted by Gasteiger charge is -2.27. The van der Waals surface area contributed by atoms with Gasteiger partial charge < -0.3 is 4.55 Å². The minimum atomic E-state index is -4.81. The summed E-state index contributed by atoms with van der Waals surface area (Å²) in [5.41, 5.74) is -2.35. The van der Waals surface area contributed by atoms with Gasteiger partial charge >= 0.3 is 6.18 Å². The number of non-ortho nitro benzene ring substituents is 1. The third-order valence-corrected chi connectivity index (χ3v) is 4.45. The van der Waals surface area contributed by atoms with Crippen LogP contribution in [0, 0.1) is 10.1 Å². The molecule has 0 saturated carbocycles. The van der Waals surface area contributed by atoms with Crippen LogP contribution in [-0.4, -0.2) is 20.9 Å². The average Bonchev–Trinajstić information content (AvgIpc) is 2.41. The molecule has 1 aromatic carbocycles. The molecule has 10 heteroatoms. The summed E-state index contributed by atoms with van der Waals surface area (Å²) in [7, 11) is 0. The molecule has 5 nitrogen and oxygen atoms in total. The van der Waals surface area contributed by atoms with Crippen molar-refractivity contribution >= 4 is 17.0 Å². The Morgan fingerprint density at radius 1 is 1.26 bits per heavy atom. The fourth-order valence-corrected chi connectivity index (χ4v) is 2.41. The highest BCUT2D eigenvalue weighted by Gasteiger charge is 2.35. The van der Waals surface area contributed by atoms with E-state index in [-0.39, 0.29) is 5.56 Å². The van der Waals surface area contributed by atoms with Crippen molar-refractivity contribution in [2.75, 3.05) is 6.67 Å². The summed E-state index contributed by atoms with van der Waals surface area (Å²) in [5.74, 6) is 0. The van der Waals surface area contributed by atoms with Crippen LogP contribution in [0.25, 0.3) is 0 Å². The van der Waals surface area contributed by atoms with E-state index in [1.165, 1.54) is 0 Å². The molecule has 0 spiro atoms. The van der Waals surface area contributed by atoms with Gasteiger partial charge in [-0.3, -0.25) is 10.1 Å². The van der Waals surface area contributed by atoms with Crippen molar-refractivity contribution in [1.29, 1.82) is 0 Å². The molecule has 0 saturated heterocycles. The molecule has 1 N–H and O–H groups in total.